The Hall–Kier alpha value is -1.60. The van der Waals surface area contributed by atoms with E-state index < -0.39 is 10.0 Å². The van der Waals surface area contributed by atoms with E-state index in [9.17, 15) is 8.42 Å². The molecule has 2 aromatic rings. The van der Waals surface area contributed by atoms with E-state index in [4.69, 9.17) is 0 Å². The lowest BCUT2D eigenvalue weighted by Crippen LogP contribution is -2.15. The molecule has 1 aromatic heterocycles. The van der Waals surface area contributed by atoms with Crippen molar-refractivity contribution in [3.05, 3.63) is 47.2 Å². The normalized spacial score (nSPS) is 11.1. The van der Waals surface area contributed by atoms with Gasteiger partial charge in [-0.2, -0.15) is 0 Å². The van der Waals surface area contributed by atoms with E-state index in [1.54, 1.807) is 30.3 Å². The highest BCUT2D eigenvalue weighted by Crippen LogP contribution is 2.26. The van der Waals surface area contributed by atoms with Gasteiger partial charge in [-0.15, -0.1) is 0 Å². The van der Waals surface area contributed by atoms with Crippen molar-refractivity contribution in [2.24, 2.45) is 0 Å². The lowest BCUT2D eigenvalue weighted by atomic mass is 10.3. The molecule has 0 amide bonds. The van der Waals surface area contributed by atoms with Crippen LogP contribution in [0.4, 0.5) is 11.4 Å². The average Bonchev–Trinajstić information content (AvgIpc) is 2.42. The van der Waals surface area contributed by atoms with Crippen LogP contribution in [-0.2, 0) is 10.0 Å². The molecule has 5 nitrogen and oxygen atoms in total. The highest BCUT2D eigenvalue weighted by molar-refractivity contribution is 9.10. The Morgan fingerprint density at radius 1 is 1.20 bits per heavy atom. The fraction of sp³-hybridized carbons (Fsp3) is 0.154. The third-order valence-electron chi connectivity index (χ3n) is 2.56. The summed E-state index contributed by atoms with van der Waals surface area (Å²) < 4.78 is 28.0. The highest BCUT2D eigenvalue weighted by atomic mass is 79.9. The molecule has 0 aliphatic carbocycles. The molecule has 0 aliphatic rings. The van der Waals surface area contributed by atoms with Gasteiger partial charge in [-0.25, -0.2) is 8.42 Å². The van der Waals surface area contributed by atoms with Gasteiger partial charge in [0.15, 0.2) is 0 Å². The number of rotatable bonds is 5. The van der Waals surface area contributed by atoms with E-state index in [1.807, 2.05) is 6.92 Å². The van der Waals surface area contributed by atoms with Crippen LogP contribution in [0.2, 0.25) is 0 Å². The fourth-order valence-electron chi connectivity index (χ4n) is 1.70. The Labute approximate surface area is 126 Å². The fourth-order valence-corrected chi connectivity index (χ4v) is 3.44. The van der Waals surface area contributed by atoms with Gasteiger partial charge in [-0.1, -0.05) is 12.1 Å². The van der Waals surface area contributed by atoms with E-state index in [1.165, 1.54) is 12.4 Å². The molecule has 0 fully saturated rings. The first-order valence-corrected chi connectivity index (χ1v) is 8.27. The number of aromatic nitrogens is 1. The van der Waals surface area contributed by atoms with Crippen LogP contribution in [0.5, 0.6) is 0 Å². The van der Waals surface area contributed by atoms with Crippen LogP contribution in [0, 0.1) is 0 Å². The topological polar surface area (TPSA) is 71.1 Å². The number of hydrogen-bond acceptors (Lipinski definition) is 4. The van der Waals surface area contributed by atoms with Gasteiger partial charge in [0, 0.05) is 18.9 Å². The minimum Gasteiger partial charge on any atom is -0.384 e. The Kier molecular flexibility index (Phi) is 4.61. The number of nitrogens with zero attached hydrogens (tertiary/aromatic N) is 1. The average molecular weight is 356 g/mol. The molecule has 7 heteroatoms. The van der Waals surface area contributed by atoms with Crippen LogP contribution in [0.15, 0.2) is 52.1 Å². The van der Waals surface area contributed by atoms with Gasteiger partial charge in [0.2, 0.25) is 0 Å². The maximum absolute atomic E-state index is 12.5. The van der Waals surface area contributed by atoms with Crippen LogP contribution < -0.4 is 10.0 Å². The molecule has 1 heterocycles. The van der Waals surface area contributed by atoms with Gasteiger partial charge in [0.05, 0.1) is 15.8 Å². The summed E-state index contributed by atoms with van der Waals surface area (Å²) in [7, 11) is -3.66. The standard InChI is InChI=1S/C13H14BrN3O2S/c1-2-16-12-5-3-4-6-13(12)20(18,19)17-11-7-8-15-9-10(11)14/h3-9,16H,2H2,1H3,(H,15,17). The number of nitrogens with one attached hydrogen (secondary N) is 2. The first-order chi connectivity index (χ1) is 9.54. The molecule has 0 saturated carbocycles. The Bertz CT molecular complexity index is 704. The molecule has 0 saturated heterocycles. The minimum absolute atomic E-state index is 0.213. The van der Waals surface area contributed by atoms with Crippen molar-refractivity contribution in [2.75, 3.05) is 16.6 Å². The largest absolute Gasteiger partial charge is 0.384 e. The Morgan fingerprint density at radius 3 is 2.65 bits per heavy atom. The van der Waals surface area contributed by atoms with Crippen LogP contribution in [0.1, 0.15) is 6.92 Å². The molecule has 0 radical (unpaired) electrons. The summed E-state index contributed by atoms with van der Waals surface area (Å²) >= 11 is 3.27. The third kappa shape index (κ3) is 3.29. The van der Waals surface area contributed by atoms with E-state index in [2.05, 4.69) is 31.0 Å². The molecular formula is C13H14BrN3O2S. The van der Waals surface area contributed by atoms with Crippen molar-refractivity contribution in [3.8, 4) is 0 Å². The van der Waals surface area contributed by atoms with Gasteiger partial charge in [0.25, 0.3) is 10.0 Å². The Balaban J connectivity index is 2.39. The maximum Gasteiger partial charge on any atom is 0.263 e. The number of para-hydroxylation sites is 1. The molecule has 0 atom stereocenters. The van der Waals surface area contributed by atoms with Gasteiger partial charge in [0.1, 0.15) is 4.90 Å². The number of sulfonamides is 1. The lowest BCUT2D eigenvalue weighted by Gasteiger charge is -2.13. The van der Waals surface area contributed by atoms with Crippen LogP contribution in [-0.4, -0.2) is 19.9 Å². The van der Waals surface area contributed by atoms with Gasteiger partial charge in [-0.3, -0.25) is 9.71 Å². The third-order valence-corrected chi connectivity index (χ3v) is 4.62. The molecule has 1 aromatic carbocycles. The number of anilines is 2. The summed E-state index contributed by atoms with van der Waals surface area (Å²) in [4.78, 5) is 4.11. The molecule has 106 valence electrons. The molecule has 20 heavy (non-hydrogen) atoms. The quantitative estimate of drug-likeness (QED) is 0.864. The zero-order valence-electron chi connectivity index (χ0n) is 10.8. The highest BCUT2D eigenvalue weighted by Gasteiger charge is 2.19. The zero-order valence-corrected chi connectivity index (χ0v) is 13.2. The number of benzene rings is 1. The van der Waals surface area contributed by atoms with Crippen molar-refractivity contribution in [3.63, 3.8) is 0 Å². The van der Waals surface area contributed by atoms with Crippen molar-refractivity contribution in [1.29, 1.82) is 0 Å². The molecular weight excluding hydrogens is 342 g/mol. The van der Waals surface area contributed by atoms with E-state index >= 15 is 0 Å². The number of hydrogen-bond donors (Lipinski definition) is 2. The second-order valence-electron chi connectivity index (χ2n) is 3.99. The summed E-state index contributed by atoms with van der Waals surface area (Å²) in [5.41, 5.74) is 1.03. The first kappa shape index (κ1) is 14.8. The minimum atomic E-state index is -3.66. The summed E-state index contributed by atoms with van der Waals surface area (Å²) in [6, 6.07) is 8.38. The van der Waals surface area contributed by atoms with Gasteiger partial charge in [-0.05, 0) is 41.1 Å². The predicted molar refractivity (Wildman–Crippen MR) is 83.4 cm³/mol. The molecule has 0 bridgehead atoms. The van der Waals surface area contributed by atoms with Crippen molar-refractivity contribution in [1.82, 2.24) is 4.98 Å². The maximum atomic E-state index is 12.5. The van der Waals surface area contributed by atoms with Crippen LogP contribution in [0.3, 0.4) is 0 Å². The molecule has 2 rings (SSSR count). The van der Waals surface area contributed by atoms with Crippen molar-refractivity contribution < 1.29 is 8.42 Å². The smallest absolute Gasteiger partial charge is 0.263 e. The summed E-state index contributed by atoms with van der Waals surface area (Å²) in [6.45, 7) is 2.56. The van der Waals surface area contributed by atoms with Gasteiger partial charge < -0.3 is 5.32 Å². The second kappa shape index (κ2) is 6.23. The summed E-state index contributed by atoms with van der Waals surface area (Å²) in [6.07, 6.45) is 3.06. The lowest BCUT2D eigenvalue weighted by molar-refractivity contribution is 0.601. The number of halogens is 1. The molecule has 0 unspecified atom stereocenters. The summed E-state index contributed by atoms with van der Waals surface area (Å²) in [5, 5.41) is 3.04. The SMILES string of the molecule is CCNc1ccccc1S(=O)(=O)Nc1ccncc1Br. The monoisotopic (exact) mass is 355 g/mol. The predicted octanol–water partition coefficient (Wildman–Crippen LogP) is 3.08. The van der Waals surface area contributed by atoms with Crippen molar-refractivity contribution in [2.45, 2.75) is 11.8 Å². The number of pyridine rings is 1. The van der Waals surface area contributed by atoms with Crippen molar-refractivity contribution >= 4 is 37.3 Å². The second-order valence-corrected chi connectivity index (χ2v) is 6.49. The van der Waals surface area contributed by atoms with Crippen LogP contribution in [0.25, 0.3) is 0 Å². The summed E-state index contributed by atoms with van der Waals surface area (Å²) in [5.74, 6) is 0. The molecule has 0 spiro atoms. The zero-order chi connectivity index (χ0) is 14.6. The van der Waals surface area contributed by atoms with Gasteiger partial charge >= 0.3 is 0 Å². The first-order valence-electron chi connectivity index (χ1n) is 6.00. The molecule has 2 N–H and O–H groups in total. The Morgan fingerprint density at radius 2 is 1.95 bits per heavy atom. The van der Waals surface area contributed by atoms with E-state index in [-0.39, 0.29) is 4.90 Å². The molecule has 0 aliphatic heterocycles. The van der Waals surface area contributed by atoms with Crippen LogP contribution >= 0.6 is 15.9 Å². The van der Waals surface area contributed by atoms with E-state index in [0.29, 0.717) is 22.4 Å². The van der Waals surface area contributed by atoms with E-state index in [0.717, 1.165) is 0 Å².